The van der Waals surface area contributed by atoms with Crippen LogP contribution in [0.25, 0.3) is 10.9 Å². The minimum atomic E-state index is -0.562. The highest BCUT2D eigenvalue weighted by atomic mass is 19.1. The number of para-hydroxylation sites is 1. The van der Waals surface area contributed by atoms with Crippen LogP contribution >= 0.6 is 0 Å². The van der Waals surface area contributed by atoms with E-state index in [0.717, 1.165) is 17.3 Å². The number of primary amides is 1. The summed E-state index contributed by atoms with van der Waals surface area (Å²) >= 11 is 0. The molecule has 8 nitrogen and oxygen atoms in total. The first-order valence-corrected chi connectivity index (χ1v) is 11.7. The van der Waals surface area contributed by atoms with Crippen LogP contribution < -0.4 is 16.4 Å². The average Bonchev–Trinajstić information content (AvgIpc) is 3.47. The molecule has 1 aromatic heterocycles. The van der Waals surface area contributed by atoms with Crippen molar-refractivity contribution in [1.82, 2.24) is 14.8 Å². The summed E-state index contributed by atoms with van der Waals surface area (Å²) in [5, 5.41) is 6.68. The van der Waals surface area contributed by atoms with Gasteiger partial charge < -0.3 is 25.8 Å². The summed E-state index contributed by atoms with van der Waals surface area (Å²) in [7, 11) is 1.93. The first kappa shape index (κ1) is 27.4. The highest BCUT2D eigenvalue weighted by Crippen LogP contribution is 2.26. The first-order valence-electron chi connectivity index (χ1n) is 11.7. The largest absolute Gasteiger partial charge is 0.372 e. The number of rotatable bonds is 4. The average molecular weight is 484 g/mol. The third kappa shape index (κ3) is 6.59. The Morgan fingerprint density at radius 1 is 1.17 bits per heavy atom. The number of nitrogens with zero attached hydrogens (tertiary/aromatic N) is 2. The quantitative estimate of drug-likeness (QED) is 0.487. The Hall–Kier alpha value is -3.88. The van der Waals surface area contributed by atoms with Crippen LogP contribution in [0.1, 0.15) is 37.8 Å². The molecule has 2 heterocycles. The fourth-order valence-corrected chi connectivity index (χ4v) is 4.06. The van der Waals surface area contributed by atoms with Gasteiger partial charge in [0.15, 0.2) is 0 Å². The molecule has 0 aliphatic carbocycles. The van der Waals surface area contributed by atoms with Gasteiger partial charge in [-0.3, -0.25) is 9.59 Å². The standard InChI is InChI=1S/C23H25FN4O2.C2H6.CH3NO/c1-15-7-5-8-16(21(15)24)13-25-22(29)20-11-6-12-28(20)23(30)26-18-14-27(2)19-10-4-3-9-17(18)19;1-2;2-1-3/h3-5,7-10,14,20H,6,11-13H2,1-2H3,(H,25,29)(H,26,30);1-2H3;1H,(H2,2,3). The number of nitrogens with one attached hydrogen (secondary N) is 2. The lowest BCUT2D eigenvalue weighted by molar-refractivity contribution is -0.124. The first-order chi connectivity index (χ1) is 16.9. The Labute approximate surface area is 205 Å². The van der Waals surface area contributed by atoms with E-state index >= 15 is 0 Å². The fraction of sp³-hybridized carbons (Fsp3) is 0.346. The zero-order chi connectivity index (χ0) is 26.0. The van der Waals surface area contributed by atoms with E-state index in [0.29, 0.717) is 29.8 Å². The number of nitrogens with two attached hydrogens (primary N) is 1. The van der Waals surface area contributed by atoms with Crippen molar-refractivity contribution in [3.05, 3.63) is 65.6 Å². The van der Waals surface area contributed by atoms with Gasteiger partial charge in [-0.2, -0.15) is 0 Å². The van der Waals surface area contributed by atoms with Crippen molar-refractivity contribution < 1.29 is 18.8 Å². The molecular formula is C26H34FN5O3. The normalized spacial score (nSPS) is 14.3. The topological polar surface area (TPSA) is 109 Å². The van der Waals surface area contributed by atoms with Gasteiger partial charge >= 0.3 is 6.03 Å². The van der Waals surface area contributed by atoms with Crippen LogP contribution in [0.4, 0.5) is 14.9 Å². The summed E-state index contributed by atoms with van der Waals surface area (Å²) in [6.07, 6.45) is 3.46. The van der Waals surface area contributed by atoms with Gasteiger partial charge in [0.25, 0.3) is 0 Å². The minimum Gasteiger partial charge on any atom is -0.372 e. The van der Waals surface area contributed by atoms with E-state index in [4.69, 9.17) is 4.79 Å². The molecule has 0 spiro atoms. The lowest BCUT2D eigenvalue weighted by atomic mass is 10.1. The number of urea groups is 1. The number of fused-ring (bicyclic) bond motifs is 1. The zero-order valence-corrected chi connectivity index (χ0v) is 20.7. The van der Waals surface area contributed by atoms with Crippen LogP contribution in [-0.2, 0) is 23.2 Å². The van der Waals surface area contributed by atoms with Gasteiger partial charge in [0.05, 0.1) is 5.69 Å². The second-order valence-electron chi connectivity index (χ2n) is 7.85. The van der Waals surface area contributed by atoms with Crippen molar-refractivity contribution in [3.8, 4) is 0 Å². The lowest BCUT2D eigenvalue weighted by Crippen LogP contribution is -2.47. The van der Waals surface area contributed by atoms with E-state index in [1.807, 2.05) is 55.9 Å². The summed E-state index contributed by atoms with van der Waals surface area (Å²) in [4.78, 5) is 35.8. The molecule has 0 radical (unpaired) electrons. The predicted octanol–water partition coefficient (Wildman–Crippen LogP) is 4.07. The Morgan fingerprint density at radius 3 is 2.57 bits per heavy atom. The summed E-state index contributed by atoms with van der Waals surface area (Å²) in [5.74, 6) is -0.573. The summed E-state index contributed by atoms with van der Waals surface area (Å²) in [6.45, 7) is 6.30. The summed E-state index contributed by atoms with van der Waals surface area (Å²) in [6, 6.07) is 12.1. The number of aromatic nitrogens is 1. The molecule has 4 N–H and O–H groups in total. The molecule has 3 aromatic rings. The number of aryl methyl sites for hydroxylation is 2. The molecule has 1 aliphatic rings. The molecule has 1 saturated heterocycles. The van der Waals surface area contributed by atoms with Crippen LogP contribution in [0, 0.1) is 12.7 Å². The van der Waals surface area contributed by atoms with Crippen molar-refractivity contribution >= 4 is 34.9 Å². The van der Waals surface area contributed by atoms with Gasteiger partial charge in [-0.1, -0.05) is 50.2 Å². The number of benzene rings is 2. The number of carbonyl (C=O) groups is 3. The highest BCUT2D eigenvalue weighted by Gasteiger charge is 2.34. The van der Waals surface area contributed by atoms with Crippen LogP contribution in [0.2, 0.25) is 0 Å². The van der Waals surface area contributed by atoms with Gasteiger partial charge in [-0.15, -0.1) is 0 Å². The molecule has 4 amide bonds. The van der Waals surface area contributed by atoms with E-state index in [2.05, 4.69) is 16.4 Å². The molecule has 4 rings (SSSR count). The number of carbonyl (C=O) groups excluding carboxylic acids is 3. The number of anilines is 1. The third-order valence-corrected chi connectivity index (χ3v) is 5.68. The van der Waals surface area contributed by atoms with Gasteiger partial charge in [-0.05, 0) is 31.4 Å². The maximum absolute atomic E-state index is 14.2. The van der Waals surface area contributed by atoms with Crippen LogP contribution in [0.5, 0.6) is 0 Å². The highest BCUT2D eigenvalue weighted by molar-refractivity contribution is 6.02. The summed E-state index contributed by atoms with van der Waals surface area (Å²) in [5.41, 5.74) is 6.88. The van der Waals surface area contributed by atoms with Crippen molar-refractivity contribution in [1.29, 1.82) is 0 Å². The maximum atomic E-state index is 14.2. The fourth-order valence-electron chi connectivity index (χ4n) is 4.06. The van der Waals surface area contributed by atoms with Crippen LogP contribution in [0.3, 0.4) is 0 Å². The van der Waals surface area contributed by atoms with Gasteiger partial charge in [0.1, 0.15) is 11.9 Å². The number of amides is 4. The molecule has 35 heavy (non-hydrogen) atoms. The number of likely N-dealkylation sites (tertiary alicyclic amines) is 1. The van der Waals surface area contributed by atoms with Gasteiger partial charge in [-0.25, -0.2) is 9.18 Å². The molecule has 188 valence electrons. The van der Waals surface area contributed by atoms with Crippen molar-refractivity contribution in [2.75, 3.05) is 11.9 Å². The Bertz CT molecular complexity index is 1160. The van der Waals surface area contributed by atoms with E-state index in [9.17, 15) is 14.0 Å². The molecule has 1 atom stereocenters. The SMILES string of the molecule is CC.Cc1cccc(CNC(=O)C2CCCN2C(=O)Nc2cn(C)c3ccccc23)c1F.NC=O. The van der Waals surface area contributed by atoms with Crippen molar-refractivity contribution in [2.24, 2.45) is 12.8 Å². The smallest absolute Gasteiger partial charge is 0.322 e. The van der Waals surface area contributed by atoms with Crippen LogP contribution in [-0.4, -0.2) is 40.4 Å². The molecule has 9 heteroatoms. The second kappa shape index (κ2) is 13.1. The molecule has 1 aliphatic heterocycles. The molecule has 0 bridgehead atoms. The molecule has 0 saturated carbocycles. The zero-order valence-electron chi connectivity index (χ0n) is 20.7. The molecule has 1 unspecified atom stereocenters. The summed E-state index contributed by atoms with van der Waals surface area (Å²) < 4.78 is 16.1. The van der Waals surface area contributed by atoms with Crippen molar-refractivity contribution in [3.63, 3.8) is 0 Å². The molecular weight excluding hydrogens is 449 g/mol. The third-order valence-electron chi connectivity index (χ3n) is 5.68. The van der Waals surface area contributed by atoms with Crippen LogP contribution in [0.15, 0.2) is 48.7 Å². The number of halogens is 1. The van der Waals surface area contributed by atoms with Gasteiger partial charge in [0, 0.05) is 42.8 Å². The van der Waals surface area contributed by atoms with E-state index < -0.39 is 6.04 Å². The monoisotopic (exact) mass is 483 g/mol. The predicted molar refractivity (Wildman–Crippen MR) is 136 cm³/mol. The second-order valence-corrected chi connectivity index (χ2v) is 7.85. The maximum Gasteiger partial charge on any atom is 0.322 e. The lowest BCUT2D eigenvalue weighted by Gasteiger charge is -2.24. The number of hydrogen-bond donors (Lipinski definition) is 3. The van der Waals surface area contributed by atoms with E-state index in [-0.39, 0.29) is 30.7 Å². The van der Waals surface area contributed by atoms with Crippen molar-refractivity contribution in [2.45, 2.75) is 46.2 Å². The van der Waals surface area contributed by atoms with Gasteiger partial charge in [0.2, 0.25) is 12.3 Å². The minimum absolute atomic E-state index is 0.0988. The Kier molecular flexibility index (Phi) is 10.3. The van der Waals surface area contributed by atoms with E-state index in [1.165, 1.54) is 0 Å². The Balaban J connectivity index is 0.000000803. The molecule has 1 fully saturated rings. The van der Waals surface area contributed by atoms with E-state index in [1.54, 1.807) is 30.0 Å². The molecule has 2 aromatic carbocycles. The Morgan fingerprint density at radius 2 is 1.86 bits per heavy atom. The number of hydrogen-bond acceptors (Lipinski definition) is 3.